The molecule has 2 aliphatic heterocycles. The number of fused-ring (bicyclic) bond motifs is 3. The Morgan fingerprint density at radius 1 is 0.985 bits per heavy atom. The summed E-state index contributed by atoms with van der Waals surface area (Å²) in [6.07, 6.45) is 6.29. The smallest absolute Gasteiger partial charge is 0.306 e. The third-order valence-corrected chi connectivity index (χ3v) is 18.1. The Hall–Kier alpha value is -3.88. The van der Waals surface area contributed by atoms with Crippen molar-refractivity contribution >= 4 is 75.6 Å². The molecule has 6 atom stereocenters. The van der Waals surface area contributed by atoms with Gasteiger partial charge in [-0.1, -0.05) is 55.3 Å². The number of anilines is 1. The first-order valence-electron chi connectivity index (χ1n) is 23.1. The molecular weight excluding hydrogens is 932 g/mol. The zero-order valence-corrected chi connectivity index (χ0v) is 40.7. The Kier molecular flexibility index (Phi) is 15.0. The predicted molar refractivity (Wildman–Crippen MR) is 252 cm³/mol. The maximum Gasteiger partial charge on any atom is 0.306 e. The zero-order valence-electron chi connectivity index (χ0n) is 37.5. The molecule has 12 nitrogen and oxygen atoms in total. The van der Waals surface area contributed by atoms with Crippen molar-refractivity contribution in [2.24, 2.45) is 11.8 Å². The van der Waals surface area contributed by atoms with Crippen LogP contribution in [0.5, 0.6) is 11.5 Å². The Morgan fingerprint density at radius 2 is 1.71 bits per heavy atom. The molecule has 2 aromatic carbocycles. The summed E-state index contributed by atoms with van der Waals surface area (Å²) in [5.74, 6) is -3.77. The van der Waals surface area contributed by atoms with Crippen LogP contribution in [0.2, 0.25) is 10.0 Å². The molecule has 18 heteroatoms. The number of hydrogen-bond donors (Lipinski definition) is 2. The molecule has 0 radical (unpaired) electrons. The third-order valence-electron chi connectivity index (χ3n) is 13.8. The number of nitrogens with one attached hydrogen (secondary N) is 1. The molecule has 1 unspecified atom stereocenters. The minimum absolute atomic E-state index is 0.0278. The number of hydrogen-bond acceptors (Lipinski definition) is 11. The Bertz CT molecular complexity index is 2530. The van der Waals surface area contributed by atoms with Crippen LogP contribution in [0.4, 0.5) is 13.9 Å². The quantitative estimate of drug-likeness (QED) is 0.0791. The second-order valence-electron chi connectivity index (χ2n) is 18.8. The first-order valence-corrected chi connectivity index (χ1v) is 26.6. The van der Waals surface area contributed by atoms with E-state index in [1.54, 1.807) is 18.2 Å². The maximum absolute atomic E-state index is 15.3. The molecular formula is C48H57Cl2F2N4O8PS. The standard InChI is InChI=1S/C48H57Cl2F2N4O8PS/c1-27(2)53-47-55-37(26-66-47)36-21-41(32-15-18-40(62-3)43(50)45(32)54-36)63-31-20-38-39(57)23-48(65(60,61)25-33-35(51)17-16-34(49)44(33)52)22-29(48)12-8-6-4-5-7-11-28(46(59)56(38)24-31)19-42(58)64-30-13-9-10-14-30/h15-18,21,26-31,38H,4-14,19-20,22-25H2,1-3H3,(H,53,55)(H,60,61)/t28-,29-,31-,38+,48-/m1/s1. The van der Waals surface area contributed by atoms with Gasteiger partial charge in [-0.3, -0.25) is 18.9 Å². The van der Waals surface area contributed by atoms with Crippen molar-refractivity contribution in [3.05, 3.63) is 63.0 Å². The Labute approximate surface area is 397 Å². The van der Waals surface area contributed by atoms with Crippen molar-refractivity contribution in [2.75, 3.05) is 19.0 Å². The lowest BCUT2D eigenvalue weighted by Gasteiger charge is -2.30. The molecule has 2 aliphatic carbocycles. The molecule has 66 heavy (non-hydrogen) atoms. The molecule has 1 amide bonds. The number of halogens is 4. The van der Waals surface area contributed by atoms with E-state index in [9.17, 15) is 19.0 Å². The van der Waals surface area contributed by atoms with Crippen molar-refractivity contribution < 1.29 is 46.8 Å². The number of ketones is 1. The van der Waals surface area contributed by atoms with Gasteiger partial charge in [0.05, 0.1) is 53.7 Å². The fourth-order valence-electron chi connectivity index (χ4n) is 10.2. The number of aromatic nitrogens is 2. The zero-order chi connectivity index (χ0) is 46.9. The summed E-state index contributed by atoms with van der Waals surface area (Å²) in [5.41, 5.74) is 0.834. The van der Waals surface area contributed by atoms with Crippen LogP contribution >= 0.6 is 41.9 Å². The molecule has 2 aromatic heterocycles. The summed E-state index contributed by atoms with van der Waals surface area (Å²) < 4.78 is 63.3. The molecule has 2 saturated heterocycles. The second kappa shape index (κ2) is 20.4. The van der Waals surface area contributed by atoms with Gasteiger partial charge in [0.25, 0.3) is 0 Å². The van der Waals surface area contributed by atoms with Crippen LogP contribution in [0, 0.1) is 23.5 Å². The average molecular weight is 990 g/mol. The van der Waals surface area contributed by atoms with Gasteiger partial charge in [0.2, 0.25) is 13.3 Å². The number of Topliss-reactive ketones (excluding diaryl/α,β-unsaturated/α-hetero) is 1. The number of benzene rings is 2. The van der Waals surface area contributed by atoms with E-state index < -0.39 is 71.6 Å². The fourth-order valence-corrected chi connectivity index (χ4v) is 14.2. The number of thiazole rings is 1. The maximum atomic E-state index is 15.3. The van der Waals surface area contributed by atoms with Gasteiger partial charge in [0.1, 0.15) is 46.1 Å². The van der Waals surface area contributed by atoms with Gasteiger partial charge in [0, 0.05) is 47.2 Å². The van der Waals surface area contributed by atoms with Crippen LogP contribution in [0.15, 0.2) is 35.7 Å². The van der Waals surface area contributed by atoms with E-state index in [0.717, 1.165) is 63.5 Å². The lowest BCUT2D eigenvalue weighted by Crippen LogP contribution is -2.45. The van der Waals surface area contributed by atoms with Gasteiger partial charge < -0.3 is 29.3 Å². The van der Waals surface area contributed by atoms with Crippen LogP contribution in [-0.2, 0) is 29.8 Å². The molecule has 0 spiro atoms. The summed E-state index contributed by atoms with van der Waals surface area (Å²) in [7, 11) is -3.01. The van der Waals surface area contributed by atoms with Crippen molar-refractivity contribution in [2.45, 2.75) is 146 Å². The normalized spacial score (nSPS) is 25.2. The van der Waals surface area contributed by atoms with Crippen LogP contribution in [0.1, 0.15) is 116 Å². The van der Waals surface area contributed by atoms with Gasteiger partial charge in [-0.25, -0.2) is 18.7 Å². The highest BCUT2D eigenvalue weighted by Gasteiger charge is 2.66. The molecule has 4 aromatic rings. The summed E-state index contributed by atoms with van der Waals surface area (Å²) in [6, 6.07) is 6.28. The van der Waals surface area contributed by atoms with E-state index >= 15 is 13.6 Å². The first-order chi connectivity index (χ1) is 31.6. The van der Waals surface area contributed by atoms with E-state index in [4.69, 9.17) is 47.4 Å². The summed E-state index contributed by atoms with van der Waals surface area (Å²) in [4.78, 5) is 66.6. The number of nitrogens with zero attached hydrogens (tertiary/aromatic N) is 3. The molecule has 2 saturated carbocycles. The Balaban J connectivity index is 1.15. The van der Waals surface area contributed by atoms with E-state index in [1.807, 2.05) is 19.2 Å². The van der Waals surface area contributed by atoms with E-state index in [0.29, 0.717) is 58.2 Å². The predicted octanol–water partition coefficient (Wildman–Crippen LogP) is 11.5. The minimum Gasteiger partial charge on any atom is -0.495 e. The highest BCUT2D eigenvalue weighted by atomic mass is 35.5. The molecule has 8 rings (SSSR count). The van der Waals surface area contributed by atoms with Gasteiger partial charge in [-0.2, -0.15) is 0 Å². The van der Waals surface area contributed by atoms with Gasteiger partial charge in [0.15, 0.2) is 10.9 Å². The van der Waals surface area contributed by atoms with Crippen LogP contribution in [0.25, 0.3) is 22.3 Å². The number of methoxy groups -OCH3 is 1. The lowest BCUT2D eigenvalue weighted by molar-refractivity contribution is -0.154. The molecule has 356 valence electrons. The number of rotatable bonds is 12. The fraction of sp³-hybridized carbons (Fsp3) is 0.562. The average Bonchev–Trinajstić information content (AvgIpc) is 3.69. The molecule has 4 heterocycles. The topological polar surface area (TPSA) is 157 Å². The largest absolute Gasteiger partial charge is 0.495 e. The minimum atomic E-state index is -4.51. The van der Waals surface area contributed by atoms with E-state index in [1.165, 1.54) is 23.3 Å². The SMILES string of the molecule is COc1ccc2c(O[C@@H]3C[C@H]4C(=O)C[C@]5(P(=O)(O)Cc6c(F)ccc(Cl)c6F)C[C@H]5CCCCCCC[C@H](CC(=O)OC5CCCC5)C(=O)N4C3)cc(-c3csc(NC(C)C)n3)nc2c1Cl. The molecule has 0 bridgehead atoms. The van der Waals surface area contributed by atoms with Crippen molar-refractivity contribution in [1.82, 2.24) is 14.9 Å². The third kappa shape index (κ3) is 10.4. The molecule has 4 fully saturated rings. The van der Waals surface area contributed by atoms with Gasteiger partial charge in [-0.05, 0) is 89.0 Å². The Morgan fingerprint density at radius 3 is 2.45 bits per heavy atom. The van der Waals surface area contributed by atoms with Crippen molar-refractivity contribution in [3.8, 4) is 22.9 Å². The number of esters is 1. The van der Waals surface area contributed by atoms with Gasteiger partial charge >= 0.3 is 5.97 Å². The van der Waals surface area contributed by atoms with Gasteiger partial charge in [-0.15, -0.1) is 11.3 Å². The lowest BCUT2D eigenvalue weighted by atomic mass is 9.94. The highest BCUT2D eigenvalue weighted by Crippen LogP contribution is 2.75. The molecule has 4 aliphatic rings. The van der Waals surface area contributed by atoms with E-state index in [-0.39, 0.29) is 60.3 Å². The van der Waals surface area contributed by atoms with E-state index in [2.05, 4.69) is 5.32 Å². The number of amides is 1. The number of ether oxygens (including phenoxy) is 3. The summed E-state index contributed by atoms with van der Waals surface area (Å²) in [6.45, 7) is 3.99. The van der Waals surface area contributed by atoms with Crippen molar-refractivity contribution in [1.29, 1.82) is 0 Å². The number of carbonyl (C=O) groups is 3. The monoisotopic (exact) mass is 988 g/mol. The molecule has 2 N–H and O–H groups in total. The summed E-state index contributed by atoms with van der Waals surface area (Å²) >= 11 is 14.3. The van der Waals surface area contributed by atoms with Crippen LogP contribution in [-0.4, -0.2) is 80.5 Å². The first kappa shape index (κ1) is 48.6. The summed E-state index contributed by atoms with van der Waals surface area (Å²) in [5, 5.41) is 4.84. The van der Waals surface area contributed by atoms with Crippen molar-refractivity contribution in [3.63, 3.8) is 0 Å². The number of carbonyl (C=O) groups excluding carboxylic acids is 3. The van der Waals surface area contributed by atoms with Crippen LogP contribution in [0.3, 0.4) is 0 Å². The highest BCUT2D eigenvalue weighted by molar-refractivity contribution is 7.59. The number of pyridine rings is 1. The second-order valence-corrected chi connectivity index (χ2v) is 23.0. The van der Waals surface area contributed by atoms with Crippen LogP contribution < -0.4 is 14.8 Å².